The summed E-state index contributed by atoms with van der Waals surface area (Å²) in [5.74, 6) is -0.484. The molecule has 0 radical (unpaired) electrons. The maximum Gasteiger partial charge on any atom is 0.335 e. The van der Waals surface area contributed by atoms with Crippen molar-refractivity contribution in [1.82, 2.24) is 0 Å². The second-order valence-corrected chi connectivity index (χ2v) is 5.54. The second kappa shape index (κ2) is 12.4. The molecule has 1 aromatic carbocycles. The fraction of sp³-hybridized carbons (Fsp3) is 0.474. The van der Waals surface area contributed by atoms with Crippen LogP contribution in [-0.2, 0) is 9.59 Å². The fourth-order valence-electron chi connectivity index (χ4n) is 2.24. The number of ether oxygens (including phenoxy) is 1. The molecular formula is C19H26O4. The summed E-state index contributed by atoms with van der Waals surface area (Å²) in [7, 11) is 0. The van der Waals surface area contributed by atoms with Gasteiger partial charge >= 0.3 is 11.9 Å². The Kier molecular flexibility index (Phi) is 10.3. The predicted octanol–water partition coefficient (Wildman–Crippen LogP) is 4.74. The summed E-state index contributed by atoms with van der Waals surface area (Å²) in [5.41, 5.74) is 0. The number of rotatable bonds is 12. The maximum absolute atomic E-state index is 11.5. The van der Waals surface area contributed by atoms with Gasteiger partial charge in [-0.2, -0.15) is 0 Å². The lowest BCUT2D eigenvalue weighted by molar-refractivity contribution is -0.137. The summed E-state index contributed by atoms with van der Waals surface area (Å²) in [4.78, 5) is 21.9. The predicted molar refractivity (Wildman–Crippen MR) is 90.4 cm³/mol. The van der Waals surface area contributed by atoms with Crippen LogP contribution in [0.3, 0.4) is 0 Å². The lowest BCUT2D eigenvalue weighted by atomic mass is 10.1. The minimum atomic E-state index is -0.706. The quantitative estimate of drug-likeness (QED) is 0.261. The number of carbonyl (C=O) groups is 2. The van der Waals surface area contributed by atoms with E-state index in [4.69, 9.17) is 9.84 Å². The monoisotopic (exact) mass is 318 g/mol. The third-order valence-corrected chi connectivity index (χ3v) is 3.48. The molecule has 1 aromatic rings. The first-order chi connectivity index (χ1) is 11.2. The van der Waals surface area contributed by atoms with E-state index in [9.17, 15) is 9.59 Å². The number of hydrogen-bond acceptors (Lipinski definition) is 3. The van der Waals surface area contributed by atoms with Gasteiger partial charge in [0.05, 0.1) is 0 Å². The molecule has 0 spiro atoms. The van der Waals surface area contributed by atoms with Crippen LogP contribution in [-0.4, -0.2) is 17.0 Å². The summed E-state index contributed by atoms with van der Waals surface area (Å²) in [6.45, 7) is 0. The van der Waals surface area contributed by atoms with Gasteiger partial charge in [-0.25, -0.2) is 4.79 Å². The van der Waals surface area contributed by atoms with Gasteiger partial charge in [-0.15, -0.1) is 0 Å². The van der Waals surface area contributed by atoms with E-state index in [-0.39, 0.29) is 12.4 Å². The highest BCUT2D eigenvalue weighted by Gasteiger charge is 1.99. The minimum Gasteiger partial charge on any atom is -0.481 e. The van der Waals surface area contributed by atoms with Crippen LogP contribution in [0.1, 0.15) is 57.8 Å². The van der Waals surface area contributed by atoms with E-state index >= 15 is 0 Å². The van der Waals surface area contributed by atoms with Gasteiger partial charge in [0.1, 0.15) is 5.75 Å². The first kappa shape index (κ1) is 18.9. The van der Waals surface area contributed by atoms with E-state index in [2.05, 4.69) is 0 Å². The Labute approximate surface area is 138 Å². The molecule has 1 rings (SSSR count). The molecule has 0 amide bonds. The summed E-state index contributed by atoms with van der Waals surface area (Å²) in [6, 6.07) is 9.03. The molecule has 126 valence electrons. The van der Waals surface area contributed by atoms with E-state index < -0.39 is 5.97 Å². The number of benzene rings is 1. The molecule has 0 heterocycles. The Bertz CT molecular complexity index is 479. The van der Waals surface area contributed by atoms with Crippen LogP contribution in [0.2, 0.25) is 0 Å². The molecule has 0 aliphatic heterocycles. The van der Waals surface area contributed by atoms with Crippen LogP contribution in [0.15, 0.2) is 42.5 Å². The van der Waals surface area contributed by atoms with Gasteiger partial charge in [0.2, 0.25) is 0 Å². The lowest BCUT2D eigenvalue weighted by Gasteiger charge is -2.01. The topological polar surface area (TPSA) is 63.6 Å². The van der Waals surface area contributed by atoms with Crippen LogP contribution in [0, 0.1) is 0 Å². The van der Waals surface area contributed by atoms with Crippen molar-refractivity contribution >= 4 is 11.9 Å². The Morgan fingerprint density at radius 3 is 2.17 bits per heavy atom. The normalized spacial score (nSPS) is 10.8. The number of para-hydroxylation sites is 1. The second-order valence-electron chi connectivity index (χ2n) is 5.54. The number of esters is 1. The van der Waals surface area contributed by atoms with Crippen LogP contribution >= 0.6 is 0 Å². The summed E-state index contributed by atoms with van der Waals surface area (Å²) in [6.07, 6.45) is 11.9. The van der Waals surface area contributed by atoms with Gasteiger partial charge < -0.3 is 9.84 Å². The molecule has 0 saturated heterocycles. The average Bonchev–Trinajstić information content (AvgIpc) is 2.53. The van der Waals surface area contributed by atoms with Crippen molar-refractivity contribution in [3.8, 4) is 5.75 Å². The highest BCUT2D eigenvalue weighted by Crippen LogP contribution is 2.11. The highest BCUT2D eigenvalue weighted by atomic mass is 16.5. The minimum absolute atomic E-state index is 0.282. The largest absolute Gasteiger partial charge is 0.481 e. The lowest BCUT2D eigenvalue weighted by Crippen LogP contribution is -2.03. The third-order valence-electron chi connectivity index (χ3n) is 3.48. The fourth-order valence-corrected chi connectivity index (χ4v) is 2.24. The first-order valence-corrected chi connectivity index (χ1v) is 8.33. The van der Waals surface area contributed by atoms with E-state index in [0.717, 1.165) is 51.4 Å². The molecule has 0 saturated carbocycles. The standard InChI is InChI=1S/C19H26O4/c20-18(21)15-11-6-4-2-1-3-5-7-12-16-19(22)23-17-13-9-8-10-14-17/h8-10,12-14,16H,1-7,11,15H2,(H,20,21). The van der Waals surface area contributed by atoms with Crippen molar-refractivity contribution in [2.24, 2.45) is 0 Å². The molecule has 23 heavy (non-hydrogen) atoms. The number of carboxylic acids is 1. The summed E-state index contributed by atoms with van der Waals surface area (Å²) < 4.78 is 5.15. The molecule has 0 aromatic heterocycles. The van der Waals surface area contributed by atoms with Crippen molar-refractivity contribution in [3.63, 3.8) is 0 Å². The molecular weight excluding hydrogens is 292 g/mol. The molecule has 4 nitrogen and oxygen atoms in total. The number of carbonyl (C=O) groups excluding carboxylic acids is 1. The van der Waals surface area contributed by atoms with Crippen LogP contribution in [0.4, 0.5) is 0 Å². The van der Waals surface area contributed by atoms with Crippen molar-refractivity contribution in [1.29, 1.82) is 0 Å². The first-order valence-electron chi connectivity index (χ1n) is 8.33. The molecule has 4 heteroatoms. The van der Waals surface area contributed by atoms with E-state index in [1.54, 1.807) is 12.1 Å². The van der Waals surface area contributed by atoms with E-state index in [0.29, 0.717) is 5.75 Å². The number of carboxylic acid groups (broad SMARTS) is 1. The Balaban J connectivity index is 1.94. The van der Waals surface area contributed by atoms with Crippen molar-refractivity contribution in [2.75, 3.05) is 0 Å². The van der Waals surface area contributed by atoms with Gasteiger partial charge in [-0.1, -0.05) is 56.4 Å². The van der Waals surface area contributed by atoms with Crippen LogP contribution in [0.25, 0.3) is 0 Å². The Morgan fingerprint density at radius 2 is 1.52 bits per heavy atom. The van der Waals surface area contributed by atoms with E-state index in [1.807, 2.05) is 24.3 Å². The molecule has 0 unspecified atom stereocenters. The van der Waals surface area contributed by atoms with Gasteiger partial charge in [0.25, 0.3) is 0 Å². The van der Waals surface area contributed by atoms with E-state index in [1.165, 1.54) is 6.08 Å². The van der Waals surface area contributed by atoms with Gasteiger partial charge in [0.15, 0.2) is 0 Å². The molecule has 1 N–H and O–H groups in total. The number of aliphatic carboxylic acids is 1. The summed E-state index contributed by atoms with van der Waals surface area (Å²) in [5, 5.41) is 8.52. The van der Waals surface area contributed by atoms with Gasteiger partial charge in [-0.3, -0.25) is 4.79 Å². The maximum atomic E-state index is 11.5. The third kappa shape index (κ3) is 11.2. The molecule has 0 fully saturated rings. The zero-order valence-electron chi connectivity index (χ0n) is 13.6. The van der Waals surface area contributed by atoms with Gasteiger partial charge in [-0.05, 0) is 31.4 Å². The number of hydrogen-bond donors (Lipinski definition) is 1. The number of unbranched alkanes of at least 4 members (excludes halogenated alkanes) is 7. The van der Waals surface area contributed by atoms with Crippen molar-refractivity contribution in [2.45, 2.75) is 57.8 Å². The zero-order chi connectivity index (χ0) is 16.8. The molecule has 0 atom stereocenters. The van der Waals surface area contributed by atoms with Crippen LogP contribution < -0.4 is 4.74 Å². The Morgan fingerprint density at radius 1 is 0.913 bits per heavy atom. The molecule has 0 aliphatic rings. The van der Waals surface area contributed by atoms with Gasteiger partial charge in [0, 0.05) is 12.5 Å². The van der Waals surface area contributed by atoms with Crippen LogP contribution in [0.5, 0.6) is 5.75 Å². The number of allylic oxidation sites excluding steroid dienone is 1. The SMILES string of the molecule is O=C(O)CCCCCCCCCC=CC(=O)Oc1ccccc1. The van der Waals surface area contributed by atoms with Crippen molar-refractivity contribution < 1.29 is 19.4 Å². The zero-order valence-corrected chi connectivity index (χ0v) is 13.6. The molecule has 0 aliphatic carbocycles. The smallest absolute Gasteiger partial charge is 0.335 e. The summed E-state index contributed by atoms with van der Waals surface area (Å²) >= 11 is 0. The average molecular weight is 318 g/mol. The molecule has 0 bridgehead atoms. The highest BCUT2D eigenvalue weighted by molar-refractivity contribution is 5.83. The van der Waals surface area contributed by atoms with Crippen molar-refractivity contribution in [3.05, 3.63) is 42.5 Å². The Hall–Kier alpha value is -2.10.